The molecule has 0 bridgehead atoms. The van der Waals surface area contributed by atoms with Crippen LogP contribution in [0.5, 0.6) is 0 Å². The van der Waals surface area contributed by atoms with Crippen LogP contribution in [0.4, 0.5) is 0 Å². The Bertz CT molecular complexity index is 229. The minimum absolute atomic E-state index is 0. The third-order valence-electron chi connectivity index (χ3n) is 4.78. The molecule has 2 aliphatic rings. The molecule has 2 nitrogen and oxygen atoms in total. The average molecular weight is 386 g/mol. The maximum absolute atomic E-state index is 5.73. The molecule has 4 atom stereocenters. The van der Waals surface area contributed by atoms with Crippen molar-refractivity contribution in [2.75, 3.05) is 7.11 Å². The summed E-state index contributed by atoms with van der Waals surface area (Å²) in [6.45, 7) is 7.20. The third kappa shape index (κ3) is 1.67. The van der Waals surface area contributed by atoms with Gasteiger partial charge in [-0.3, -0.25) is 0 Å². The van der Waals surface area contributed by atoms with Gasteiger partial charge in [0.1, 0.15) is 0 Å². The van der Waals surface area contributed by atoms with Gasteiger partial charge in [0.2, 0.25) is 0 Å². The van der Waals surface area contributed by atoms with Crippen molar-refractivity contribution in [3.8, 4) is 0 Å². The van der Waals surface area contributed by atoms with Crippen LogP contribution in [0.25, 0.3) is 0 Å². The molecule has 79 valence electrons. The fourth-order valence-electron chi connectivity index (χ4n) is 3.14. The Labute approximate surface area is 103 Å². The Morgan fingerprint density at radius 1 is 1.21 bits per heavy atom. The Balaban J connectivity index is 0.000000980. The zero-order valence-corrected chi connectivity index (χ0v) is 15.3. The summed E-state index contributed by atoms with van der Waals surface area (Å²) in [6.07, 6.45) is 2.76. The van der Waals surface area contributed by atoms with Crippen molar-refractivity contribution in [3.05, 3.63) is 0 Å². The van der Waals surface area contributed by atoms with Crippen molar-refractivity contribution in [3.63, 3.8) is 0 Å². The second-order valence-electron chi connectivity index (χ2n) is 5.69. The second kappa shape index (κ2) is 3.71. The number of hydrogen-bond donors (Lipinski definition) is 0. The number of ether oxygens (including phenoxy) is 1. The van der Waals surface area contributed by atoms with Gasteiger partial charge in [0.05, 0.1) is 0 Å². The zero-order chi connectivity index (χ0) is 9.85. The molecule has 2 saturated carbocycles. The maximum atomic E-state index is 5.73. The van der Waals surface area contributed by atoms with Gasteiger partial charge in [0, 0.05) is 0 Å². The van der Waals surface area contributed by atoms with Crippen LogP contribution < -0.4 is 0 Å². The summed E-state index contributed by atoms with van der Waals surface area (Å²) >= 11 is 0.865. The van der Waals surface area contributed by atoms with Gasteiger partial charge in [-0.15, -0.1) is 0 Å². The Morgan fingerprint density at radius 2 is 1.79 bits per heavy atom. The first-order valence-electron chi connectivity index (χ1n) is 5.30. The molecule has 2 N–H and O–H groups in total. The first-order chi connectivity index (χ1) is 5.92. The minimum Gasteiger partial charge on any atom is -0.412 e. The summed E-state index contributed by atoms with van der Waals surface area (Å²) in [5.74, 6) is 1.98. The molecule has 2 fully saturated rings. The van der Waals surface area contributed by atoms with Crippen molar-refractivity contribution >= 4 is 0 Å². The summed E-state index contributed by atoms with van der Waals surface area (Å²) in [7, 11) is 1.90. The van der Waals surface area contributed by atoms with E-state index < -0.39 is 0 Å². The van der Waals surface area contributed by atoms with Crippen LogP contribution in [0.1, 0.15) is 33.6 Å². The van der Waals surface area contributed by atoms with E-state index in [1.165, 1.54) is 12.8 Å². The smallest absolute Gasteiger partial charge is 0.412 e. The van der Waals surface area contributed by atoms with Crippen molar-refractivity contribution in [2.45, 2.75) is 42.6 Å². The summed E-state index contributed by atoms with van der Waals surface area (Å²) in [5.41, 5.74) is 0.867. The SMILES string of the molecule is COC1(C)CC2C(C[CH]1[Hg])C2(C)C.O. The molecule has 0 aromatic carbocycles. The Kier molecular flexibility index (Phi) is 3.42. The van der Waals surface area contributed by atoms with Gasteiger partial charge in [-0.05, 0) is 0 Å². The topological polar surface area (TPSA) is 40.7 Å². The molecule has 0 amide bonds. The van der Waals surface area contributed by atoms with Gasteiger partial charge in [-0.1, -0.05) is 0 Å². The number of fused-ring (bicyclic) bond motifs is 1. The van der Waals surface area contributed by atoms with Crippen molar-refractivity contribution < 1.29 is 36.3 Å². The molecule has 0 aliphatic heterocycles. The molecule has 2 rings (SSSR count). The van der Waals surface area contributed by atoms with E-state index in [4.69, 9.17) is 4.74 Å². The van der Waals surface area contributed by atoms with E-state index in [0.717, 1.165) is 41.4 Å². The molecular weight excluding hydrogens is 365 g/mol. The fourth-order valence-corrected chi connectivity index (χ4v) is 5.83. The monoisotopic (exact) mass is 387 g/mol. The molecular formula is C11H21HgO2. The number of hydrogen-bond acceptors (Lipinski definition) is 1. The zero-order valence-electron chi connectivity index (χ0n) is 9.76. The van der Waals surface area contributed by atoms with Crippen LogP contribution in [-0.4, -0.2) is 18.2 Å². The van der Waals surface area contributed by atoms with Crippen molar-refractivity contribution in [1.29, 1.82) is 0 Å². The summed E-state index contributed by atoms with van der Waals surface area (Å²) in [6, 6.07) is 0. The van der Waals surface area contributed by atoms with Crippen LogP contribution in [-0.2, 0) is 30.9 Å². The predicted molar refractivity (Wildman–Crippen MR) is 52.8 cm³/mol. The van der Waals surface area contributed by atoms with Crippen LogP contribution in [0.2, 0.25) is 3.43 Å². The van der Waals surface area contributed by atoms with Crippen LogP contribution in [0.3, 0.4) is 0 Å². The molecule has 0 aromatic heterocycles. The number of methoxy groups -OCH3 is 1. The van der Waals surface area contributed by atoms with Crippen molar-refractivity contribution in [2.24, 2.45) is 17.3 Å². The maximum Gasteiger partial charge on any atom is -0.412 e. The van der Waals surface area contributed by atoms with Gasteiger partial charge in [0.25, 0.3) is 0 Å². The summed E-state index contributed by atoms with van der Waals surface area (Å²) in [5, 5.41) is 0. The van der Waals surface area contributed by atoms with Crippen molar-refractivity contribution in [1.82, 2.24) is 0 Å². The molecule has 2 aliphatic carbocycles. The largest absolute Gasteiger partial charge is 0.412 e. The quantitative estimate of drug-likeness (QED) is 0.636. The normalized spacial score (nSPS) is 49.1. The molecule has 14 heavy (non-hydrogen) atoms. The third-order valence-corrected chi connectivity index (χ3v) is 9.43. The molecule has 3 heteroatoms. The first kappa shape index (κ1) is 12.9. The van der Waals surface area contributed by atoms with Gasteiger partial charge < -0.3 is 5.48 Å². The average Bonchev–Trinajstić information content (AvgIpc) is 2.56. The fraction of sp³-hybridized carbons (Fsp3) is 1.00. The van der Waals surface area contributed by atoms with Gasteiger partial charge in [-0.25, -0.2) is 0 Å². The molecule has 0 spiro atoms. The van der Waals surface area contributed by atoms with Crippen LogP contribution >= 0.6 is 0 Å². The minimum atomic E-state index is 0. The van der Waals surface area contributed by atoms with E-state index in [-0.39, 0.29) is 11.1 Å². The van der Waals surface area contributed by atoms with Gasteiger partial charge in [0.15, 0.2) is 0 Å². The van der Waals surface area contributed by atoms with Gasteiger partial charge in [-0.2, -0.15) is 0 Å². The van der Waals surface area contributed by atoms with E-state index in [2.05, 4.69) is 20.8 Å². The van der Waals surface area contributed by atoms with E-state index in [9.17, 15) is 0 Å². The molecule has 0 radical (unpaired) electrons. The molecule has 0 saturated heterocycles. The van der Waals surface area contributed by atoms with E-state index in [1.54, 1.807) is 0 Å². The molecule has 0 heterocycles. The number of rotatable bonds is 1. The Hall–Kier alpha value is 0.855. The van der Waals surface area contributed by atoms with Crippen LogP contribution in [0.15, 0.2) is 0 Å². The first-order valence-corrected chi connectivity index (χ1v) is 8.47. The molecule has 4 unspecified atom stereocenters. The van der Waals surface area contributed by atoms with Crippen LogP contribution in [0, 0.1) is 17.3 Å². The summed E-state index contributed by atoms with van der Waals surface area (Å²) in [4.78, 5) is 0. The Morgan fingerprint density at radius 3 is 2.29 bits per heavy atom. The van der Waals surface area contributed by atoms with E-state index >= 15 is 0 Å². The second-order valence-corrected chi connectivity index (χ2v) is 9.52. The summed E-state index contributed by atoms with van der Waals surface area (Å²) < 4.78 is 6.65. The standard InChI is InChI=1S/C11H19O.Hg.H2O/c1-10(2)8-5-6-11(3,12-4)7-9(8)10;;/h6,8-9H,5,7H2,1-4H3;;1H2. The van der Waals surface area contributed by atoms with E-state index in [1.807, 2.05) is 7.11 Å². The molecule has 0 aromatic rings. The van der Waals surface area contributed by atoms with E-state index in [0.29, 0.717) is 5.41 Å². The van der Waals surface area contributed by atoms with Gasteiger partial charge >= 0.3 is 97.9 Å². The predicted octanol–water partition coefficient (Wildman–Crippen LogP) is 1.97.